The lowest BCUT2D eigenvalue weighted by Gasteiger charge is -2.19. The van der Waals surface area contributed by atoms with E-state index in [0.717, 1.165) is 18.7 Å². The molecule has 20 heavy (non-hydrogen) atoms. The molecule has 4 heteroatoms. The average molecular weight is 279 g/mol. The Balaban J connectivity index is 2.24. The molecule has 0 aliphatic carbocycles. The maximum absolute atomic E-state index is 10.8. The van der Waals surface area contributed by atoms with Crippen LogP contribution < -0.4 is 4.74 Å². The lowest BCUT2D eigenvalue weighted by atomic mass is 10.1. The first-order valence-electron chi connectivity index (χ1n) is 7.01. The summed E-state index contributed by atoms with van der Waals surface area (Å²) < 4.78 is 5.70. The Kier molecular flexibility index (Phi) is 6.52. The SMILES string of the molecule is Cc1ccc(OCCCN(C)CC(C)C(=O)O)cc1C. The van der Waals surface area contributed by atoms with E-state index in [9.17, 15) is 4.79 Å². The molecular weight excluding hydrogens is 254 g/mol. The summed E-state index contributed by atoms with van der Waals surface area (Å²) in [7, 11) is 1.94. The Labute approximate surface area is 121 Å². The van der Waals surface area contributed by atoms with Crippen molar-refractivity contribution in [1.29, 1.82) is 0 Å². The van der Waals surface area contributed by atoms with Crippen LogP contribution in [0.15, 0.2) is 18.2 Å². The summed E-state index contributed by atoms with van der Waals surface area (Å²) in [5, 5.41) is 8.85. The number of aryl methyl sites for hydroxylation is 2. The number of carboxylic acids is 1. The average Bonchev–Trinajstić information content (AvgIpc) is 2.38. The van der Waals surface area contributed by atoms with Crippen molar-refractivity contribution in [2.75, 3.05) is 26.7 Å². The van der Waals surface area contributed by atoms with Gasteiger partial charge in [0.15, 0.2) is 0 Å². The van der Waals surface area contributed by atoms with Crippen molar-refractivity contribution < 1.29 is 14.6 Å². The highest BCUT2D eigenvalue weighted by Crippen LogP contribution is 2.16. The van der Waals surface area contributed by atoms with E-state index in [4.69, 9.17) is 9.84 Å². The van der Waals surface area contributed by atoms with Crippen molar-refractivity contribution in [3.8, 4) is 5.75 Å². The molecule has 0 bridgehead atoms. The molecular formula is C16H25NO3. The summed E-state index contributed by atoms with van der Waals surface area (Å²) in [6.45, 7) is 7.93. The lowest BCUT2D eigenvalue weighted by molar-refractivity contribution is -0.141. The van der Waals surface area contributed by atoms with Gasteiger partial charge >= 0.3 is 5.97 Å². The van der Waals surface area contributed by atoms with Crippen molar-refractivity contribution in [3.05, 3.63) is 29.3 Å². The van der Waals surface area contributed by atoms with Gasteiger partial charge in [0.2, 0.25) is 0 Å². The van der Waals surface area contributed by atoms with E-state index >= 15 is 0 Å². The van der Waals surface area contributed by atoms with E-state index in [-0.39, 0.29) is 5.92 Å². The quantitative estimate of drug-likeness (QED) is 0.743. The second-order valence-electron chi connectivity index (χ2n) is 5.45. The van der Waals surface area contributed by atoms with Crippen molar-refractivity contribution in [1.82, 2.24) is 4.90 Å². The molecule has 0 aliphatic heterocycles. The van der Waals surface area contributed by atoms with Crippen LogP contribution in [-0.2, 0) is 4.79 Å². The van der Waals surface area contributed by atoms with Crippen LogP contribution >= 0.6 is 0 Å². The van der Waals surface area contributed by atoms with Crippen molar-refractivity contribution >= 4 is 5.97 Å². The van der Waals surface area contributed by atoms with E-state index < -0.39 is 5.97 Å². The van der Waals surface area contributed by atoms with Gasteiger partial charge in [-0.3, -0.25) is 4.79 Å². The number of carboxylic acid groups (broad SMARTS) is 1. The fourth-order valence-corrected chi connectivity index (χ4v) is 1.97. The van der Waals surface area contributed by atoms with E-state index in [2.05, 4.69) is 19.9 Å². The van der Waals surface area contributed by atoms with Crippen LogP contribution in [0.4, 0.5) is 0 Å². The number of hydrogen-bond acceptors (Lipinski definition) is 3. The van der Waals surface area contributed by atoms with E-state index in [1.807, 2.05) is 24.1 Å². The Hall–Kier alpha value is -1.55. The van der Waals surface area contributed by atoms with Gasteiger partial charge in [0.1, 0.15) is 5.75 Å². The van der Waals surface area contributed by atoms with E-state index in [1.165, 1.54) is 11.1 Å². The fourth-order valence-electron chi connectivity index (χ4n) is 1.97. The highest BCUT2D eigenvalue weighted by atomic mass is 16.5. The maximum Gasteiger partial charge on any atom is 0.307 e. The Morgan fingerprint density at radius 1 is 1.35 bits per heavy atom. The molecule has 112 valence electrons. The lowest BCUT2D eigenvalue weighted by Crippen LogP contribution is -2.30. The van der Waals surface area contributed by atoms with Gasteiger partial charge in [-0.05, 0) is 50.6 Å². The van der Waals surface area contributed by atoms with Gasteiger partial charge < -0.3 is 14.7 Å². The molecule has 1 rings (SSSR count). The molecule has 1 atom stereocenters. The standard InChI is InChI=1S/C16H25NO3/c1-12-6-7-15(10-13(12)2)20-9-5-8-17(4)11-14(3)16(18)19/h6-7,10,14H,5,8-9,11H2,1-4H3,(H,18,19). The molecule has 1 aromatic carbocycles. The van der Waals surface area contributed by atoms with Gasteiger partial charge in [-0.1, -0.05) is 13.0 Å². The molecule has 0 aromatic heterocycles. The van der Waals surface area contributed by atoms with Crippen LogP contribution in [-0.4, -0.2) is 42.7 Å². The Morgan fingerprint density at radius 3 is 2.65 bits per heavy atom. The zero-order chi connectivity index (χ0) is 15.1. The smallest absolute Gasteiger partial charge is 0.307 e. The molecule has 1 N–H and O–H groups in total. The molecule has 0 amide bonds. The zero-order valence-electron chi connectivity index (χ0n) is 12.8. The Morgan fingerprint density at radius 2 is 2.05 bits per heavy atom. The highest BCUT2D eigenvalue weighted by Gasteiger charge is 2.12. The molecule has 0 fully saturated rings. The minimum absolute atomic E-state index is 0.333. The predicted molar refractivity (Wildman–Crippen MR) is 80.3 cm³/mol. The summed E-state index contributed by atoms with van der Waals surface area (Å²) in [6.07, 6.45) is 0.885. The van der Waals surface area contributed by atoms with Crippen LogP contribution in [0.2, 0.25) is 0 Å². The molecule has 0 saturated heterocycles. The molecule has 1 unspecified atom stereocenters. The van der Waals surface area contributed by atoms with Crippen molar-refractivity contribution in [2.24, 2.45) is 5.92 Å². The summed E-state index contributed by atoms with van der Waals surface area (Å²) in [6, 6.07) is 6.09. The third-order valence-corrected chi connectivity index (χ3v) is 3.44. The number of nitrogens with zero attached hydrogens (tertiary/aromatic N) is 1. The van der Waals surface area contributed by atoms with Gasteiger partial charge in [0.25, 0.3) is 0 Å². The topological polar surface area (TPSA) is 49.8 Å². The number of carbonyl (C=O) groups is 1. The summed E-state index contributed by atoms with van der Waals surface area (Å²) in [5.41, 5.74) is 2.50. The van der Waals surface area contributed by atoms with Crippen LogP contribution in [0.1, 0.15) is 24.5 Å². The summed E-state index contributed by atoms with van der Waals surface area (Å²) in [5.74, 6) is -0.182. The monoisotopic (exact) mass is 279 g/mol. The van der Waals surface area contributed by atoms with Gasteiger partial charge in [-0.25, -0.2) is 0 Å². The fraction of sp³-hybridized carbons (Fsp3) is 0.562. The van der Waals surface area contributed by atoms with Crippen LogP contribution in [0.5, 0.6) is 5.75 Å². The first-order chi connectivity index (χ1) is 9.40. The van der Waals surface area contributed by atoms with Crippen molar-refractivity contribution in [2.45, 2.75) is 27.2 Å². The number of ether oxygens (including phenoxy) is 1. The van der Waals surface area contributed by atoms with Crippen LogP contribution in [0.3, 0.4) is 0 Å². The first-order valence-corrected chi connectivity index (χ1v) is 7.01. The molecule has 0 heterocycles. The highest BCUT2D eigenvalue weighted by molar-refractivity contribution is 5.69. The van der Waals surface area contributed by atoms with Gasteiger partial charge in [-0.2, -0.15) is 0 Å². The zero-order valence-corrected chi connectivity index (χ0v) is 12.8. The molecule has 4 nitrogen and oxygen atoms in total. The minimum Gasteiger partial charge on any atom is -0.494 e. The molecule has 0 radical (unpaired) electrons. The second kappa shape index (κ2) is 7.90. The number of benzene rings is 1. The number of rotatable bonds is 8. The maximum atomic E-state index is 10.8. The summed E-state index contributed by atoms with van der Waals surface area (Å²) >= 11 is 0. The largest absolute Gasteiger partial charge is 0.494 e. The predicted octanol–water partition coefficient (Wildman–Crippen LogP) is 2.72. The molecule has 0 saturated carbocycles. The van der Waals surface area contributed by atoms with Crippen LogP contribution in [0.25, 0.3) is 0 Å². The molecule has 1 aromatic rings. The summed E-state index contributed by atoms with van der Waals surface area (Å²) in [4.78, 5) is 12.8. The van der Waals surface area contributed by atoms with Crippen molar-refractivity contribution in [3.63, 3.8) is 0 Å². The molecule has 0 spiro atoms. The van der Waals surface area contributed by atoms with Crippen LogP contribution in [0, 0.1) is 19.8 Å². The first kappa shape index (κ1) is 16.5. The second-order valence-corrected chi connectivity index (χ2v) is 5.45. The number of aliphatic carboxylic acids is 1. The molecule has 0 aliphatic rings. The van der Waals surface area contributed by atoms with Gasteiger partial charge in [-0.15, -0.1) is 0 Å². The number of hydrogen-bond donors (Lipinski definition) is 1. The van der Waals surface area contributed by atoms with Gasteiger partial charge in [0, 0.05) is 13.1 Å². The normalized spacial score (nSPS) is 12.4. The van der Waals surface area contributed by atoms with E-state index in [1.54, 1.807) is 6.92 Å². The van der Waals surface area contributed by atoms with E-state index in [0.29, 0.717) is 13.2 Å². The Bertz CT molecular complexity index is 445. The minimum atomic E-state index is -0.747. The van der Waals surface area contributed by atoms with Gasteiger partial charge in [0.05, 0.1) is 12.5 Å². The third kappa shape index (κ3) is 5.61. The third-order valence-electron chi connectivity index (χ3n) is 3.44.